The highest BCUT2D eigenvalue weighted by molar-refractivity contribution is 5.68. The summed E-state index contributed by atoms with van der Waals surface area (Å²) in [6.07, 6.45) is 9.62. The van der Waals surface area contributed by atoms with Crippen molar-refractivity contribution in [3.05, 3.63) is 35.6 Å². The van der Waals surface area contributed by atoms with E-state index in [2.05, 4.69) is 35.4 Å². The lowest BCUT2D eigenvalue weighted by Gasteiger charge is -2.42. The van der Waals surface area contributed by atoms with Gasteiger partial charge in [0.2, 0.25) is 0 Å². The van der Waals surface area contributed by atoms with Crippen molar-refractivity contribution in [1.29, 1.82) is 0 Å². The quantitative estimate of drug-likeness (QED) is 0.700. The Bertz CT molecular complexity index is 495. The van der Waals surface area contributed by atoms with Crippen LogP contribution in [0.2, 0.25) is 0 Å². The van der Waals surface area contributed by atoms with E-state index in [4.69, 9.17) is 9.84 Å². The molecule has 0 bridgehead atoms. The molecule has 136 valence electrons. The van der Waals surface area contributed by atoms with Gasteiger partial charge in [0.15, 0.2) is 0 Å². The van der Waals surface area contributed by atoms with E-state index < -0.39 is 5.60 Å². The van der Waals surface area contributed by atoms with Gasteiger partial charge < -0.3 is 20.1 Å². The smallest absolute Gasteiger partial charge is 0.407 e. The Morgan fingerprint density at radius 3 is 2.58 bits per heavy atom. The van der Waals surface area contributed by atoms with E-state index in [0.29, 0.717) is 6.42 Å². The van der Waals surface area contributed by atoms with Crippen LogP contribution in [0.15, 0.2) is 35.6 Å². The number of hydrogen-bond acceptors (Lipinski definition) is 4. The molecule has 0 atom stereocenters. The van der Waals surface area contributed by atoms with Crippen LogP contribution in [0, 0.1) is 0 Å². The molecule has 0 aromatic heterocycles. The Hall–Kier alpha value is -1.75. The predicted octanol–water partition coefficient (Wildman–Crippen LogP) is 3.37. The molecule has 0 spiro atoms. The normalized spacial score (nSPS) is 17.2. The van der Waals surface area contributed by atoms with Gasteiger partial charge in [-0.15, -0.1) is 0 Å². The molecule has 1 saturated heterocycles. The zero-order valence-electron chi connectivity index (χ0n) is 15.6. The molecule has 1 amide bonds. The molecule has 1 heterocycles. The maximum absolute atomic E-state index is 11.8. The third-order valence-corrected chi connectivity index (χ3v) is 3.51. The molecule has 1 aliphatic heterocycles. The third kappa shape index (κ3) is 7.68. The van der Waals surface area contributed by atoms with Crippen molar-refractivity contribution >= 4 is 6.09 Å². The van der Waals surface area contributed by atoms with Crippen LogP contribution in [0.25, 0.3) is 0 Å². The van der Waals surface area contributed by atoms with E-state index in [1.807, 2.05) is 33.8 Å². The van der Waals surface area contributed by atoms with E-state index >= 15 is 0 Å². The van der Waals surface area contributed by atoms with Gasteiger partial charge in [-0.3, -0.25) is 0 Å². The molecular formula is C19H32N2O3. The molecule has 0 saturated carbocycles. The SMILES string of the molecule is CC/C=C/C=C(\C=C(/C)CCO)N1CC(NC(=O)OC(C)(C)C)C1. The Morgan fingerprint density at radius 2 is 2.04 bits per heavy atom. The summed E-state index contributed by atoms with van der Waals surface area (Å²) in [6.45, 7) is 11.4. The average molecular weight is 336 g/mol. The summed E-state index contributed by atoms with van der Waals surface area (Å²) in [5, 5.41) is 12.0. The van der Waals surface area contributed by atoms with Gasteiger partial charge in [-0.05, 0) is 52.7 Å². The number of carbonyl (C=O) groups is 1. The second-order valence-electron chi connectivity index (χ2n) is 7.14. The molecule has 5 nitrogen and oxygen atoms in total. The summed E-state index contributed by atoms with van der Waals surface area (Å²) in [6, 6.07) is 0.102. The van der Waals surface area contributed by atoms with Gasteiger partial charge in [0.25, 0.3) is 0 Å². The average Bonchev–Trinajstić information content (AvgIpc) is 2.40. The first-order chi connectivity index (χ1) is 11.2. The number of ether oxygens (including phenoxy) is 1. The van der Waals surface area contributed by atoms with Gasteiger partial charge in [0.1, 0.15) is 5.60 Å². The number of aliphatic hydroxyl groups is 1. The fraction of sp³-hybridized carbons (Fsp3) is 0.632. The van der Waals surface area contributed by atoms with Crippen molar-refractivity contribution in [2.45, 2.75) is 59.1 Å². The fourth-order valence-corrected chi connectivity index (χ4v) is 2.30. The lowest BCUT2D eigenvalue weighted by molar-refractivity contribution is 0.0437. The van der Waals surface area contributed by atoms with Crippen molar-refractivity contribution in [2.24, 2.45) is 0 Å². The molecular weight excluding hydrogens is 304 g/mol. The zero-order chi connectivity index (χ0) is 18.2. The Balaban J connectivity index is 2.60. The second kappa shape index (κ2) is 9.52. The number of hydrogen-bond donors (Lipinski definition) is 2. The zero-order valence-corrected chi connectivity index (χ0v) is 15.6. The third-order valence-electron chi connectivity index (χ3n) is 3.51. The van der Waals surface area contributed by atoms with E-state index in [1.165, 1.54) is 0 Å². The summed E-state index contributed by atoms with van der Waals surface area (Å²) in [7, 11) is 0. The molecule has 0 radical (unpaired) electrons. The molecule has 1 aliphatic rings. The minimum absolute atomic E-state index is 0.102. The van der Waals surface area contributed by atoms with Gasteiger partial charge in [0, 0.05) is 25.4 Å². The van der Waals surface area contributed by atoms with Crippen LogP contribution >= 0.6 is 0 Å². The molecule has 0 aromatic carbocycles. The second-order valence-corrected chi connectivity index (χ2v) is 7.14. The maximum Gasteiger partial charge on any atom is 0.407 e. The van der Waals surface area contributed by atoms with E-state index in [-0.39, 0.29) is 18.7 Å². The maximum atomic E-state index is 11.8. The number of alkyl carbamates (subject to hydrolysis) is 1. The number of aliphatic hydroxyl groups excluding tert-OH is 1. The summed E-state index contributed by atoms with van der Waals surface area (Å²) in [5.74, 6) is 0. The summed E-state index contributed by atoms with van der Waals surface area (Å²) >= 11 is 0. The standard InChI is InChI=1S/C19H32N2O3/c1-6-7-8-9-17(12-15(2)10-11-22)21-13-16(14-21)20-18(23)24-19(3,4)5/h7-9,12,16,22H,6,10-11,13-14H2,1-5H3,(H,20,23)/b8-7+,15-12+,17-9+. The Kier molecular flexibility index (Phi) is 8.05. The van der Waals surface area contributed by atoms with Gasteiger partial charge >= 0.3 is 6.09 Å². The van der Waals surface area contributed by atoms with E-state index in [9.17, 15) is 4.79 Å². The van der Waals surface area contributed by atoms with Gasteiger partial charge in [-0.25, -0.2) is 4.79 Å². The van der Waals surface area contributed by atoms with E-state index in [0.717, 1.165) is 30.8 Å². The summed E-state index contributed by atoms with van der Waals surface area (Å²) in [5.41, 5.74) is 1.76. The molecule has 0 aromatic rings. The molecule has 0 aliphatic carbocycles. The molecule has 1 rings (SSSR count). The fourth-order valence-electron chi connectivity index (χ4n) is 2.30. The highest BCUT2D eigenvalue weighted by atomic mass is 16.6. The number of likely N-dealkylation sites (tertiary alicyclic amines) is 1. The topological polar surface area (TPSA) is 61.8 Å². The lowest BCUT2D eigenvalue weighted by atomic mass is 10.1. The number of nitrogens with zero attached hydrogens (tertiary/aromatic N) is 1. The first kappa shape index (κ1) is 20.3. The van der Waals surface area contributed by atoms with Crippen molar-refractivity contribution in [3.8, 4) is 0 Å². The van der Waals surface area contributed by atoms with Crippen LogP contribution in [-0.2, 0) is 4.74 Å². The Morgan fingerprint density at radius 1 is 1.38 bits per heavy atom. The van der Waals surface area contributed by atoms with Gasteiger partial charge in [-0.2, -0.15) is 0 Å². The molecule has 1 fully saturated rings. The number of rotatable bonds is 7. The van der Waals surface area contributed by atoms with Crippen molar-refractivity contribution in [2.75, 3.05) is 19.7 Å². The van der Waals surface area contributed by atoms with Gasteiger partial charge in [-0.1, -0.05) is 24.6 Å². The number of carbonyl (C=O) groups excluding carboxylic acids is 1. The lowest BCUT2D eigenvalue weighted by Crippen LogP contribution is -2.58. The summed E-state index contributed by atoms with van der Waals surface area (Å²) < 4.78 is 5.28. The van der Waals surface area contributed by atoms with Crippen LogP contribution < -0.4 is 5.32 Å². The highest BCUT2D eigenvalue weighted by Gasteiger charge is 2.30. The van der Waals surface area contributed by atoms with Crippen molar-refractivity contribution < 1.29 is 14.6 Å². The minimum atomic E-state index is -0.478. The van der Waals surface area contributed by atoms with Crippen LogP contribution in [0.5, 0.6) is 0 Å². The largest absolute Gasteiger partial charge is 0.444 e. The molecule has 0 unspecified atom stereocenters. The first-order valence-electron chi connectivity index (χ1n) is 8.64. The Labute approximate surface area is 146 Å². The van der Waals surface area contributed by atoms with Crippen LogP contribution in [0.1, 0.15) is 47.5 Å². The van der Waals surface area contributed by atoms with Crippen LogP contribution in [-0.4, -0.2) is 47.4 Å². The molecule has 2 N–H and O–H groups in total. The van der Waals surface area contributed by atoms with Gasteiger partial charge in [0.05, 0.1) is 6.04 Å². The monoisotopic (exact) mass is 336 g/mol. The summed E-state index contributed by atoms with van der Waals surface area (Å²) in [4.78, 5) is 14.0. The number of allylic oxidation sites excluding steroid dienone is 4. The van der Waals surface area contributed by atoms with Crippen molar-refractivity contribution in [1.82, 2.24) is 10.2 Å². The number of amides is 1. The van der Waals surface area contributed by atoms with Crippen molar-refractivity contribution in [3.63, 3.8) is 0 Å². The predicted molar refractivity (Wildman–Crippen MR) is 97.7 cm³/mol. The molecule has 5 heteroatoms. The van der Waals surface area contributed by atoms with Crippen LogP contribution in [0.3, 0.4) is 0 Å². The first-order valence-corrected chi connectivity index (χ1v) is 8.64. The minimum Gasteiger partial charge on any atom is -0.444 e. The number of nitrogens with one attached hydrogen (secondary N) is 1. The highest BCUT2D eigenvalue weighted by Crippen LogP contribution is 2.19. The van der Waals surface area contributed by atoms with Crippen LogP contribution in [0.4, 0.5) is 4.79 Å². The molecule has 24 heavy (non-hydrogen) atoms. The van der Waals surface area contributed by atoms with E-state index in [1.54, 1.807) is 0 Å².